The van der Waals surface area contributed by atoms with E-state index in [-0.39, 0.29) is 24.8 Å². The molecule has 0 aliphatic heterocycles. The molecule has 0 saturated heterocycles. The van der Waals surface area contributed by atoms with Crippen LogP contribution in [0.5, 0.6) is 0 Å². The van der Waals surface area contributed by atoms with Gasteiger partial charge in [-0.1, -0.05) is 0 Å². The number of hydrogen-bond donors (Lipinski definition) is 0. The average molecular weight is 490 g/mol. The molecule has 0 aromatic heterocycles. The van der Waals surface area contributed by atoms with E-state index in [1.165, 1.54) is 51.4 Å². The van der Waals surface area contributed by atoms with Crippen LogP contribution in [0.1, 0.15) is 51.4 Å². The Bertz CT molecular complexity index is 430. The average Bonchev–Trinajstić information content (AvgIpc) is 3.06. The second-order valence-corrected chi connectivity index (χ2v) is 10.7. The normalized spacial score (nSPS) is 15.3. The van der Waals surface area contributed by atoms with Gasteiger partial charge in [0.25, 0.3) is 0 Å². The minimum Gasteiger partial charge on any atom is -1.00 e. The molecule has 2 aliphatic rings. The SMILES string of the molecule is C=CCCCCCCC1=[C]([Hf+2][C]2=CC=CC2)CC=C1.[Cl-].[Cl-]. The molecular formula is C18H24Cl2Hf. The van der Waals surface area contributed by atoms with E-state index < -0.39 is 22.9 Å². The van der Waals surface area contributed by atoms with E-state index in [9.17, 15) is 0 Å². The molecule has 0 bridgehead atoms. The van der Waals surface area contributed by atoms with Crippen LogP contribution in [-0.2, 0) is 22.9 Å². The van der Waals surface area contributed by atoms with Crippen molar-refractivity contribution >= 4 is 0 Å². The van der Waals surface area contributed by atoms with Crippen LogP contribution in [0.25, 0.3) is 0 Å². The first-order valence-corrected chi connectivity index (χ1v) is 11.1. The maximum absolute atomic E-state index is 3.78. The molecule has 2 aliphatic carbocycles. The van der Waals surface area contributed by atoms with Crippen molar-refractivity contribution in [2.45, 2.75) is 51.4 Å². The van der Waals surface area contributed by atoms with Crippen LogP contribution in [0.4, 0.5) is 0 Å². The summed E-state index contributed by atoms with van der Waals surface area (Å²) in [6.07, 6.45) is 24.3. The zero-order valence-corrected chi connectivity index (χ0v) is 17.7. The molecule has 2 rings (SSSR count). The molecule has 0 nitrogen and oxygen atoms in total. The maximum Gasteiger partial charge on any atom is -1.00 e. The van der Waals surface area contributed by atoms with Crippen molar-refractivity contribution in [1.82, 2.24) is 0 Å². The minimum absolute atomic E-state index is 0. The van der Waals surface area contributed by atoms with Crippen LogP contribution in [-0.4, -0.2) is 0 Å². The van der Waals surface area contributed by atoms with Crippen LogP contribution >= 0.6 is 0 Å². The van der Waals surface area contributed by atoms with Gasteiger partial charge in [0.15, 0.2) is 0 Å². The quantitative estimate of drug-likeness (QED) is 0.236. The van der Waals surface area contributed by atoms with Gasteiger partial charge in [0, 0.05) is 0 Å². The molecule has 0 unspecified atom stereocenters. The molecule has 0 spiro atoms. The summed E-state index contributed by atoms with van der Waals surface area (Å²) < 4.78 is 3.64. The molecule has 21 heavy (non-hydrogen) atoms. The van der Waals surface area contributed by atoms with Crippen LogP contribution in [0, 0.1) is 0 Å². The molecule has 0 fully saturated rings. The monoisotopic (exact) mass is 490 g/mol. The van der Waals surface area contributed by atoms with E-state index in [1.807, 2.05) is 9.41 Å². The van der Waals surface area contributed by atoms with E-state index in [2.05, 4.69) is 37.0 Å². The van der Waals surface area contributed by atoms with E-state index in [1.54, 1.807) is 8.90 Å². The Morgan fingerprint density at radius 2 is 1.86 bits per heavy atom. The summed E-state index contributed by atoms with van der Waals surface area (Å²) in [5, 5.41) is 0. The van der Waals surface area contributed by atoms with Crippen LogP contribution in [0.2, 0.25) is 0 Å². The summed E-state index contributed by atoms with van der Waals surface area (Å²) in [6.45, 7) is 3.78. The Balaban J connectivity index is 0.00000200. The number of rotatable bonds is 9. The Hall–Kier alpha value is 0.150. The van der Waals surface area contributed by atoms with E-state index in [0.717, 1.165) is 0 Å². The van der Waals surface area contributed by atoms with Gasteiger partial charge >= 0.3 is 130 Å². The second kappa shape index (κ2) is 12.7. The molecule has 0 radical (unpaired) electrons. The molecular weight excluding hydrogens is 466 g/mol. The summed E-state index contributed by atoms with van der Waals surface area (Å²) in [5.74, 6) is 0. The van der Waals surface area contributed by atoms with Gasteiger partial charge in [-0.2, -0.15) is 0 Å². The molecule has 0 amide bonds. The molecule has 0 aromatic rings. The third kappa shape index (κ3) is 7.81. The van der Waals surface area contributed by atoms with Gasteiger partial charge in [0.1, 0.15) is 0 Å². The van der Waals surface area contributed by atoms with Crippen molar-refractivity contribution in [3.63, 3.8) is 0 Å². The molecule has 0 saturated carbocycles. The summed E-state index contributed by atoms with van der Waals surface area (Å²) in [6, 6.07) is 0. The number of allylic oxidation sites excluding steroid dienone is 9. The van der Waals surface area contributed by atoms with Gasteiger partial charge < -0.3 is 24.8 Å². The predicted octanol–water partition coefficient (Wildman–Crippen LogP) is -0.339. The Morgan fingerprint density at radius 1 is 1.05 bits per heavy atom. The Labute approximate surface area is 153 Å². The Kier molecular flexibility index (Phi) is 12.8. The van der Waals surface area contributed by atoms with Crippen molar-refractivity contribution in [3.05, 3.63) is 55.3 Å². The van der Waals surface area contributed by atoms with Gasteiger partial charge in [-0.05, 0) is 0 Å². The van der Waals surface area contributed by atoms with Crippen molar-refractivity contribution in [2.24, 2.45) is 0 Å². The third-order valence-corrected chi connectivity index (χ3v) is 9.17. The van der Waals surface area contributed by atoms with Gasteiger partial charge in [-0.15, -0.1) is 0 Å². The topological polar surface area (TPSA) is 0 Å². The standard InChI is InChI=1S/C13H19.C5H5.2ClH.Hf/c1-2-3-4-5-6-7-10-13-11-8-9-12-13;1-2-4-5-3-1;;;/h2,8,11H,1,3-7,9-10H2;1-3H,4H2;2*1H;/q;;;;+2/p-2. The predicted molar refractivity (Wildman–Crippen MR) is 80.5 cm³/mol. The maximum atomic E-state index is 3.78. The summed E-state index contributed by atoms with van der Waals surface area (Å²) >= 11 is -0.660. The van der Waals surface area contributed by atoms with Gasteiger partial charge in [0.05, 0.1) is 0 Å². The first-order chi connectivity index (χ1) is 9.40. The first kappa shape index (κ1) is 21.2. The first-order valence-electron chi connectivity index (χ1n) is 7.52. The molecule has 3 heteroatoms. The fraction of sp³-hybridized carbons (Fsp3) is 0.444. The zero-order chi connectivity index (χ0) is 13.3. The fourth-order valence-corrected chi connectivity index (χ4v) is 7.55. The molecule has 0 atom stereocenters. The summed E-state index contributed by atoms with van der Waals surface area (Å²) in [5.41, 5.74) is 1.71. The smallest absolute Gasteiger partial charge is 1.00 e. The number of halogens is 2. The van der Waals surface area contributed by atoms with Crippen molar-refractivity contribution in [1.29, 1.82) is 0 Å². The Morgan fingerprint density at radius 3 is 2.57 bits per heavy atom. The third-order valence-electron chi connectivity index (χ3n) is 3.72. The molecule has 0 heterocycles. The van der Waals surface area contributed by atoms with Crippen LogP contribution in [0.15, 0.2) is 55.3 Å². The largest absolute Gasteiger partial charge is 1.00 e. The van der Waals surface area contributed by atoms with E-state index >= 15 is 0 Å². The van der Waals surface area contributed by atoms with Crippen LogP contribution < -0.4 is 24.8 Å². The summed E-state index contributed by atoms with van der Waals surface area (Å²) in [7, 11) is 0. The van der Waals surface area contributed by atoms with Crippen LogP contribution in [0.3, 0.4) is 0 Å². The molecule has 0 aromatic carbocycles. The van der Waals surface area contributed by atoms with E-state index in [4.69, 9.17) is 0 Å². The summed E-state index contributed by atoms with van der Waals surface area (Å²) in [4.78, 5) is 0. The van der Waals surface area contributed by atoms with Gasteiger partial charge in [0.2, 0.25) is 0 Å². The van der Waals surface area contributed by atoms with E-state index in [0.29, 0.717) is 0 Å². The number of unbranched alkanes of at least 4 members (excludes halogenated alkanes) is 4. The van der Waals surface area contributed by atoms with Gasteiger partial charge in [-0.25, -0.2) is 0 Å². The minimum atomic E-state index is -0.660. The number of hydrogen-bond acceptors (Lipinski definition) is 0. The van der Waals surface area contributed by atoms with Crippen molar-refractivity contribution in [2.75, 3.05) is 0 Å². The molecule has 114 valence electrons. The van der Waals surface area contributed by atoms with Crippen molar-refractivity contribution in [3.8, 4) is 0 Å². The second-order valence-electron chi connectivity index (χ2n) is 5.30. The zero-order valence-electron chi connectivity index (χ0n) is 12.6. The fourth-order valence-electron chi connectivity index (χ4n) is 2.61. The van der Waals surface area contributed by atoms with Gasteiger partial charge in [-0.3, -0.25) is 0 Å². The van der Waals surface area contributed by atoms with Crippen molar-refractivity contribution < 1.29 is 47.7 Å². The molecule has 0 N–H and O–H groups in total.